The molecule has 1 amide bonds. The Hall–Kier alpha value is -2.64. The molecule has 0 aliphatic rings. The van der Waals surface area contributed by atoms with Crippen LogP contribution in [-0.2, 0) is 17.8 Å². The van der Waals surface area contributed by atoms with E-state index in [1.54, 1.807) is 24.3 Å². The molecule has 0 bridgehead atoms. The van der Waals surface area contributed by atoms with E-state index in [0.717, 1.165) is 11.4 Å². The molecule has 150 valence electrons. The Labute approximate surface area is 178 Å². The molecule has 8 heteroatoms. The first-order valence-corrected chi connectivity index (χ1v) is 10.5. The molecule has 1 N–H and O–H groups in total. The minimum atomic E-state index is -0.143. The number of nitrogens with one attached hydrogen (secondary N) is 1. The fraction of sp³-hybridized carbons (Fsp3) is 0.238. The molecule has 0 saturated heterocycles. The first kappa shape index (κ1) is 21.1. The van der Waals surface area contributed by atoms with Crippen molar-refractivity contribution in [3.8, 4) is 0 Å². The molecule has 3 aromatic rings. The summed E-state index contributed by atoms with van der Waals surface area (Å²) in [5.41, 5.74) is 2.36. The van der Waals surface area contributed by atoms with Gasteiger partial charge in [-0.3, -0.25) is 9.59 Å². The van der Waals surface area contributed by atoms with E-state index >= 15 is 0 Å². The third-order valence-electron chi connectivity index (χ3n) is 4.29. The van der Waals surface area contributed by atoms with Gasteiger partial charge in [-0.2, -0.15) is 0 Å². The van der Waals surface area contributed by atoms with Gasteiger partial charge in [0.1, 0.15) is 5.82 Å². The maximum atomic E-state index is 12.3. The van der Waals surface area contributed by atoms with Gasteiger partial charge in [-0.15, -0.1) is 10.2 Å². The van der Waals surface area contributed by atoms with Gasteiger partial charge in [0.15, 0.2) is 10.9 Å². The zero-order valence-corrected chi connectivity index (χ0v) is 17.8. The fourth-order valence-corrected chi connectivity index (χ4v) is 3.72. The van der Waals surface area contributed by atoms with Crippen LogP contribution in [0.2, 0.25) is 5.02 Å². The Morgan fingerprint density at radius 1 is 1.07 bits per heavy atom. The molecular weight excluding hydrogens is 408 g/mol. The summed E-state index contributed by atoms with van der Waals surface area (Å²) in [5.74, 6) is 0.910. The van der Waals surface area contributed by atoms with Crippen molar-refractivity contribution in [2.75, 3.05) is 11.1 Å². The standard InChI is InChI=1S/C21H21ClN4O2S/c1-3-26-19(12-15-4-8-17(22)9-5-15)24-25-21(26)29-13-20(28)23-18-10-6-16(7-11-18)14(2)27/h4-11H,3,12-13H2,1-2H3,(H,23,28). The third kappa shape index (κ3) is 5.68. The van der Waals surface area contributed by atoms with Crippen LogP contribution in [0.4, 0.5) is 5.69 Å². The van der Waals surface area contributed by atoms with Gasteiger partial charge in [0.2, 0.25) is 5.91 Å². The highest BCUT2D eigenvalue weighted by Crippen LogP contribution is 2.20. The van der Waals surface area contributed by atoms with Crippen LogP contribution >= 0.6 is 23.4 Å². The number of aromatic nitrogens is 3. The lowest BCUT2D eigenvalue weighted by molar-refractivity contribution is -0.113. The van der Waals surface area contributed by atoms with E-state index in [9.17, 15) is 9.59 Å². The van der Waals surface area contributed by atoms with Crippen LogP contribution < -0.4 is 5.32 Å². The van der Waals surface area contributed by atoms with Crippen molar-refractivity contribution in [2.45, 2.75) is 32.0 Å². The number of hydrogen-bond donors (Lipinski definition) is 1. The van der Waals surface area contributed by atoms with Crippen LogP contribution in [-0.4, -0.2) is 32.2 Å². The Morgan fingerprint density at radius 2 is 1.76 bits per heavy atom. The van der Waals surface area contributed by atoms with Gasteiger partial charge in [-0.1, -0.05) is 35.5 Å². The largest absolute Gasteiger partial charge is 0.325 e. The summed E-state index contributed by atoms with van der Waals surface area (Å²) in [6.07, 6.45) is 0.646. The van der Waals surface area contributed by atoms with Crippen LogP contribution in [0.1, 0.15) is 35.6 Å². The van der Waals surface area contributed by atoms with E-state index in [2.05, 4.69) is 15.5 Å². The normalized spacial score (nSPS) is 10.7. The molecular formula is C21H21ClN4O2S. The lowest BCUT2D eigenvalue weighted by Crippen LogP contribution is -2.15. The van der Waals surface area contributed by atoms with Crippen LogP contribution in [0.25, 0.3) is 0 Å². The smallest absolute Gasteiger partial charge is 0.234 e. The van der Waals surface area contributed by atoms with Crippen molar-refractivity contribution >= 4 is 40.7 Å². The molecule has 1 heterocycles. The Morgan fingerprint density at radius 3 is 2.38 bits per heavy atom. The number of anilines is 1. The summed E-state index contributed by atoms with van der Waals surface area (Å²) in [5, 5.41) is 12.8. The average molecular weight is 429 g/mol. The molecule has 1 aromatic heterocycles. The highest BCUT2D eigenvalue weighted by molar-refractivity contribution is 7.99. The van der Waals surface area contributed by atoms with Gasteiger partial charge in [0, 0.05) is 29.2 Å². The molecule has 0 fully saturated rings. The predicted octanol–water partition coefficient (Wildman–Crippen LogP) is 4.48. The van der Waals surface area contributed by atoms with Crippen LogP contribution in [0.3, 0.4) is 0 Å². The van der Waals surface area contributed by atoms with E-state index < -0.39 is 0 Å². The maximum absolute atomic E-state index is 12.3. The number of thioether (sulfide) groups is 1. The molecule has 0 atom stereocenters. The lowest BCUT2D eigenvalue weighted by Gasteiger charge is -2.08. The minimum Gasteiger partial charge on any atom is -0.325 e. The monoisotopic (exact) mass is 428 g/mol. The Bertz CT molecular complexity index is 1000. The molecule has 0 saturated carbocycles. The Balaban J connectivity index is 1.59. The van der Waals surface area contributed by atoms with Crippen molar-refractivity contribution in [2.24, 2.45) is 0 Å². The highest BCUT2D eigenvalue weighted by Gasteiger charge is 2.14. The van der Waals surface area contributed by atoms with Gasteiger partial charge in [-0.05, 0) is 55.8 Å². The van der Waals surface area contributed by atoms with Crippen LogP contribution in [0.15, 0.2) is 53.7 Å². The lowest BCUT2D eigenvalue weighted by atomic mass is 10.1. The molecule has 6 nitrogen and oxygen atoms in total. The topological polar surface area (TPSA) is 76.9 Å². The van der Waals surface area contributed by atoms with Crippen molar-refractivity contribution < 1.29 is 9.59 Å². The second-order valence-electron chi connectivity index (χ2n) is 6.42. The van der Waals surface area contributed by atoms with E-state index in [-0.39, 0.29) is 17.4 Å². The number of benzene rings is 2. The van der Waals surface area contributed by atoms with Gasteiger partial charge >= 0.3 is 0 Å². The van der Waals surface area contributed by atoms with Crippen molar-refractivity contribution in [3.05, 3.63) is 70.5 Å². The number of Topliss-reactive ketones (excluding diaryl/α,β-unsaturated/α-hetero) is 1. The molecule has 0 unspecified atom stereocenters. The summed E-state index contributed by atoms with van der Waals surface area (Å²) in [7, 11) is 0. The fourth-order valence-electron chi connectivity index (χ4n) is 2.77. The van der Waals surface area contributed by atoms with E-state index in [1.807, 2.05) is 35.8 Å². The molecule has 0 radical (unpaired) electrons. The van der Waals surface area contributed by atoms with Crippen molar-refractivity contribution in [3.63, 3.8) is 0 Å². The number of carbonyl (C=O) groups is 2. The van der Waals surface area contributed by atoms with E-state index in [0.29, 0.717) is 34.4 Å². The SMILES string of the molecule is CCn1c(Cc2ccc(Cl)cc2)nnc1SCC(=O)Nc1ccc(C(C)=O)cc1. The molecule has 29 heavy (non-hydrogen) atoms. The molecule has 0 aliphatic carbocycles. The zero-order valence-electron chi connectivity index (χ0n) is 16.2. The number of nitrogens with zero attached hydrogens (tertiary/aromatic N) is 3. The minimum absolute atomic E-state index is 0.00765. The predicted molar refractivity (Wildman–Crippen MR) is 116 cm³/mol. The van der Waals surface area contributed by atoms with Crippen molar-refractivity contribution in [1.29, 1.82) is 0 Å². The summed E-state index contributed by atoms with van der Waals surface area (Å²) < 4.78 is 2.01. The number of halogens is 1. The summed E-state index contributed by atoms with van der Waals surface area (Å²) in [6.45, 7) is 4.25. The first-order valence-electron chi connectivity index (χ1n) is 9.16. The van der Waals surface area contributed by atoms with Crippen LogP contribution in [0.5, 0.6) is 0 Å². The second-order valence-corrected chi connectivity index (χ2v) is 7.80. The number of rotatable bonds is 8. The number of amides is 1. The van der Waals surface area contributed by atoms with Gasteiger partial charge in [0.05, 0.1) is 5.75 Å². The molecule has 0 aliphatic heterocycles. The van der Waals surface area contributed by atoms with E-state index in [1.165, 1.54) is 18.7 Å². The number of carbonyl (C=O) groups excluding carboxylic acids is 2. The molecule has 2 aromatic carbocycles. The summed E-state index contributed by atoms with van der Waals surface area (Å²) in [6, 6.07) is 14.5. The highest BCUT2D eigenvalue weighted by atomic mass is 35.5. The van der Waals surface area contributed by atoms with Crippen molar-refractivity contribution in [1.82, 2.24) is 14.8 Å². The Kier molecular flexibility index (Phi) is 7.06. The number of ketones is 1. The average Bonchev–Trinajstić information content (AvgIpc) is 3.10. The quantitative estimate of drug-likeness (QED) is 0.423. The summed E-state index contributed by atoms with van der Waals surface area (Å²) in [4.78, 5) is 23.6. The molecule has 3 rings (SSSR count). The second kappa shape index (κ2) is 9.71. The van der Waals surface area contributed by atoms with Gasteiger partial charge in [-0.25, -0.2) is 0 Å². The van der Waals surface area contributed by atoms with E-state index in [4.69, 9.17) is 11.6 Å². The molecule has 0 spiro atoms. The number of hydrogen-bond acceptors (Lipinski definition) is 5. The maximum Gasteiger partial charge on any atom is 0.234 e. The van der Waals surface area contributed by atoms with Gasteiger partial charge < -0.3 is 9.88 Å². The van der Waals surface area contributed by atoms with Gasteiger partial charge in [0.25, 0.3) is 0 Å². The third-order valence-corrected chi connectivity index (χ3v) is 5.51. The first-order chi connectivity index (χ1) is 14.0. The van der Waals surface area contributed by atoms with Crippen LogP contribution in [0, 0.1) is 0 Å². The zero-order chi connectivity index (χ0) is 20.8. The summed E-state index contributed by atoms with van der Waals surface area (Å²) >= 11 is 7.28.